The van der Waals surface area contributed by atoms with Crippen molar-refractivity contribution in [3.8, 4) is 0 Å². The van der Waals surface area contributed by atoms with Gasteiger partial charge in [0.05, 0.1) is 0 Å². The summed E-state index contributed by atoms with van der Waals surface area (Å²) in [4.78, 5) is -0.424. The van der Waals surface area contributed by atoms with Gasteiger partial charge in [-0.1, -0.05) is 20.8 Å². The number of benzene rings is 1. The summed E-state index contributed by atoms with van der Waals surface area (Å²) in [6.07, 6.45) is 0.629. The van der Waals surface area contributed by atoms with Gasteiger partial charge in [-0.3, -0.25) is 0 Å². The molecule has 0 heterocycles. The first kappa shape index (κ1) is 16.4. The molecule has 0 radical (unpaired) electrons. The topological polar surface area (TPSA) is 72.2 Å². The van der Waals surface area contributed by atoms with Crippen LogP contribution in [0.4, 0.5) is 10.1 Å². The molecular weight excluding hydrogens is 335 g/mol. The van der Waals surface area contributed by atoms with Crippen molar-refractivity contribution in [2.75, 3.05) is 5.73 Å². The van der Waals surface area contributed by atoms with Crippen molar-refractivity contribution in [1.29, 1.82) is 0 Å². The average Bonchev–Trinajstić information content (AvgIpc) is 2.30. The van der Waals surface area contributed by atoms with Gasteiger partial charge in [0, 0.05) is 16.2 Å². The molecule has 1 aromatic rings. The summed E-state index contributed by atoms with van der Waals surface area (Å²) >= 11 is 3.05. The summed E-state index contributed by atoms with van der Waals surface area (Å²) in [6.45, 7) is 5.69. The highest BCUT2D eigenvalue weighted by Crippen LogP contribution is 2.26. The number of nitrogen functional groups attached to an aromatic ring is 1. The number of sulfonamides is 1. The second-order valence-electron chi connectivity index (χ2n) is 4.68. The molecule has 0 saturated heterocycles. The van der Waals surface area contributed by atoms with Crippen LogP contribution in [0.3, 0.4) is 0 Å². The predicted molar refractivity (Wildman–Crippen MR) is 77.8 cm³/mol. The van der Waals surface area contributed by atoms with E-state index in [4.69, 9.17) is 5.73 Å². The summed E-state index contributed by atoms with van der Waals surface area (Å²) in [5, 5.41) is 0. The summed E-state index contributed by atoms with van der Waals surface area (Å²) in [6, 6.07) is 1.93. The fourth-order valence-electron chi connectivity index (χ4n) is 1.70. The molecule has 3 N–H and O–H groups in total. The van der Waals surface area contributed by atoms with E-state index in [-0.39, 0.29) is 17.6 Å². The van der Waals surface area contributed by atoms with Crippen LogP contribution in [-0.4, -0.2) is 14.5 Å². The lowest BCUT2D eigenvalue weighted by Crippen LogP contribution is -2.38. The third-order valence-corrected chi connectivity index (χ3v) is 5.08. The van der Waals surface area contributed by atoms with E-state index in [9.17, 15) is 12.8 Å². The van der Waals surface area contributed by atoms with Crippen LogP contribution < -0.4 is 10.5 Å². The minimum absolute atomic E-state index is 0.121. The summed E-state index contributed by atoms with van der Waals surface area (Å²) in [7, 11) is -3.91. The van der Waals surface area contributed by atoms with E-state index in [2.05, 4.69) is 20.7 Å². The van der Waals surface area contributed by atoms with Crippen LogP contribution in [0.1, 0.15) is 27.2 Å². The first-order valence-electron chi connectivity index (χ1n) is 5.95. The van der Waals surface area contributed by atoms with Gasteiger partial charge >= 0.3 is 0 Å². The molecule has 0 saturated carbocycles. The maximum Gasteiger partial charge on any atom is 0.243 e. The maximum atomic E-state index is 13.8. The SMILES string of the molecule is CCC(NS(=O)(=O)c1cc(N)c(Br)cc1F)C(C)C. The van der Waals surface area contributed by atoms with Gasteiger partial charge in [0.2, 0.25) is 10.0 Å². The van der Waals surface area contributed by atoms with Gasteiger partial charge in [-0.2, -0.15) is 0 Å². The molecule has 0 aliphatic rings. The van der Waals surface area contributed by atoms with Crippen molar-refractivity contribution in [2.24, 2.45) is 5.92 Å². The molecule has 7 heteroatoms. The molecular formula is C12H18BrFN2O2S. The van der Waals surface area contributed by atoms with E-state index in [0.29, 0.717) is 10.9 Å². The smallest absolute Gasteiger partial charge is 0.243 e. The van der Waals surface area contributed by atoms with Crippen molar-refractivity contribution < 1.29 is 12.8 Å². The number of hydrogen-bond acceptors (Lipinski definition) is 3. The average molecular weight is 353 g/mol. The van der Waals surface area contributed by atoms with Gasteiger partial charge < -0.3 is 5.73 Å². The van der Waals surface area contributed by atoms with Crippen molar-refractivity contribution in [3.05, 3.63) is 22.4 Å². The summed E-state index contributed by atoms with van der Waals surface area (Å²) in [5.41, 5.74) is 5.78. The van der Waals surface area contributed by atoms with Crippen molar-refractivity contribution in [2.45, 2.75) is 38.1 Å². The zero-order valence-electron chi connectivity index (χ0n) is 11.1. The Bertz CT molecular complexity index is 561. The van der Waals surface area contributed by atoms with Crippen LogP contribution in [0, 0.1) is 11.7 Å². The van der Waals surface area contributed by atoms with Gasteiger partial charge in [0.15, 0.2) is 0 Å². The largest absolute Gasteiger partial charge is 0.398 e. The van der Waals surface area contributed by atoms with E-state index in [0.717, 1.165) is 12.1 Å². The zero-order valence-corrected chi connectivity index (χ0v) is 13.5. The lowest BCUT2D eigenvalue weighted by atomic mass is 10.0. The van der Waals surface area contributed by atoms with E-state index in [1.807, 2.05) is 20.8 Å². The molecule has 0 fully saturated rings. The number of anilines is 1. The molecule has 1 atom stereocenters. The van der Waals surface area contributed by atoms with Gasteiger partial charge in [-0.05, 0) is 40.4 Å². The van der Waals surface area contributed by atoms with Gasteiger partial charge in [0.1, 0.15) is 10.7 Å². The number of nitrogens with two attached hydrogens (primary N) is 1. The third-order valence-electron chi connectivity index (χ3n) is 2.89. The van der Waals surface area contributed by atoms with Crippen molar-refractivity contribution in [1.82, 2.24) is 4.72 Å². The van der Waals surface area contributed by atoms with Crippen molar-refractivity contribution in [3.63, 3.8) is 0 Å². The second kappa shape index (κ2) is 6.19. The van der Waals surface area contributed by atoms with Gasteiger partial charge in [0.25, 0.3) is 0 Å². The Labute approximate surface area is 121 Å². The fourth-order valence-corrected chi connectivity index (χ4v) is 3.58. The Morgan fingerprint density at radius 2 is 2.00 bits per heavy atom. The van der Waals surface area contributed by atoms with Crippen LogP contribution >= 0.6 is 15.9 Å². The first-order chi connectivity index (χ1) is 8.69. The quantitative estimate of drug-likeness (QED) is 0.800. The van der Waals surface area contributed by atoms with Crippen LogP contribution in [0.25, 0.3) is 0 Å². The van der Waals surface area contributed by atoms with E-state index < -0.39 is 20.7 Å². The molecule has 1 rings (SSSR count). The Balaban J connectivity index is 3.17. The Hall–Kier alpha value is -0.660. The monoisotopic (exact) mass is 352 g/mol. The minimum atomic E-state index is -3.91. The summed E-state index contributed by atoms with van der Waals surface area (Å²) in [5.74, 6) is -0.706. The molecule has 0 spiro atoms. The van der Waals surface area contributed by atoms with E-state index >= 15 is 0 Å². The molecule has 0 amide bonds. The normalized spacial score (nSPS) is 13.8. The van der Waals surface area contributed by atoms with E-state index in [1.54, 1.807) is 0 Å². The van der Waals surface area contributed by atoms with Crippen LogP contribution in [-0.2, 0) is 10.0 Å². The molecule has 0 aliphatic heterocycles. The molecule has 0 bridgehead atoms. The molecule has 19 heavy (non-hydrogen) atoms. The standard InChI is InChI=1S/C12H18BrFN2O2S/c1-4-11(7(2)3)16-19(17,18)12-6-10(15)8(13)5-9(12)14/h5-7,11,16H,4,15H2,1-3H3. The third kappa shape index (κ3) is 3.90. The molecule has 108 valence electrons. The number of rotatable bonds is 5. The predicted octanol–water partition coefficient (Wildman–Crippen LogP) is 2.88. The molecule has 1 aromatic carbocycles. The Morgan fingerprint density at radius 1 is 1.42 bits per heavy atom. The Kier molecular flexibility index (Phi) is 5.34. The van der Waals surface area contributed by atoms with Crippen LogP contribution in [0.15, 0.2) is 21.5 Å². The summed E-state index contributed by atoms with van der Waals surface area (Å²) < 4.78 is 41.0. The van der Waals surface area contributed by atoms with Gasteiger partial charge in [-0.15, -0.1) is 0 Å². The van der Waals surface area contributed by atoms with Crippen LogP contribution in [0.5, 0.6) is 0 Å². The first-order valence-corrected chi connectivity index (χ1v) is 8.23. The maximum absolute atomic E-state index is 13.8. The molecule has 0 aliphatic carbocycles. The lowest BCUT2D eigenvalue weighted by Gasteiger charge is -2.21. The lowest BCUT2D eigenvalue weighted by molar-refractivity contribution is 0.435. The highest BCUT2D eigenvalue weighted by molar-refractivity contribution is 9.10. The Morgan fingerprint density at radius 3 is 2.47 bits per heavy atom. The van der Waals surface area contributed by atoms with Crippen LogP contribution in [0.2, 0.25) is 0 Å². The molecule has 0 aromatic heterocycles. The number of hydrogen-bond donors (Lipinski definition) is 2. The minimum Gasteiger partial charge on any atom is -0.398 e. The highest BCUT2D eigenvalue weighted by atomic mass is 79.9. The van der Waals surface area contributed by atoms with E-state index in [1.165, 1.54) is 0 Å². The molecule has 4 nitrogen and oxygen atoms in total. The second-order valence-corrected chi connectivity index (χ2v) is 7.22. The molecule has 1 unspecified atom stereocenters. The van der Waals surface area contributed by atoms with Gasteiger partial charge in [-0.25, -0.2) is 17.5 Å². The fraction of sp³-hybridized carbons (Fsp3) is 0.500. The zero-order chi connectivity index (χ0) is 14.8. The number of halogens is 2. The van der Waals surface area contributed by atoms with Crippen molar-refractivity contribution >= 4 is 31.6 Å². The highest BCUT2D eigenvalue weighted by Gasteiger charge is 2.25. The number of nitrogens with one attached hydrogen (secondary N) is 1.